The Morgan fingerprint density at radius 3 is 3.10 bits per heavy atom. The fraction of sp³-hybridized carbons (Fsp3) is 0. The van der Waals surface area contributed by atoms with Gasteiger partial charge < -0.3 is 5.21 Å². The van der Waals surface area contributed by atoms with Crippen LogP contribution in [0.3, 0.4) is 0 Å². The Morgan fingerprint density at radius 2 is 2.30 bits per heavy atom. The van der Waals surface area contributed by atoms with E-state index in [0.29, 0.717) is 11.4 Å². The molecule has 0 aromatic rings. The Morgan fingerprint density at radius 1 is 1.40 bits per heavy atom. The third-order valence-electron chi connectivity index (χ3n) is 1.23. The zero-order chi connectivity index (χ0) is 6.97. The lowest BCUT2D eigenvalue weighted by Crippen LogP contribution is -1.97. The van der Waals surface area contributed by atoms with E-state index in [1.54, 1.807) is 0 Å². The maximum atomic E-state index is 9.03. The molecule has 10 heavy (non-hydrogen) atoms. The Balaban J connectivity index is 2.80. The molecule has 1 N–H and O–H groups in total. The molecule has 0 aliphatic carbocycles. The van der Waals surface area contributed by atoms with Crippen molar-refractivity contribution in [3.63, 3.8) is 0 Å². The highest BCUT2D eigenvalue weighted by Crippen LogP contribution is 2.13. The quantitative estimate of drug-likeness (QED) is 0.518. The molecule has 5 nitrogen and oxygen atoms in total. The summed E-state index contributed by atoms with van der Waals surface area (Å²) in [5.74, 6) is 0. The second-order valence-corrected chi connectivity index (χ2v) is 1.85. The zero-order valence-electron chi connectivity index (χ0n) is 4.97. The van der Waals surface area contributed by atoms with Crippen molar-refractivity contribution in [2.24, 2.45) is 0 Å². The maximum Gasteiger partial charge on any atom is 0.133 e. The van der Waals surface area contributed by atoms with E-state index >= 15 is 0 Å². The van der Waals surface area contributed by atoms with Crippen molar-refractivity contribution in [1.29, 1.82) is 0 Å². The van der Waals surface area contributed by atoms with Crippen molar-refractivity contribution < 1.29 is 5.21 Å². The molecule has 0 aromatic heterocycles. The summed E-state index contributed by atoms with van der Waals surface area (Å²) in [4.78, 5) is 3.70. The summed E-state index contributed by atoms with van der Waals surface area (Å²) in [6.07, 6.45) is 4.29. The minimum absolute atomic E-state index is 0.565. The van der Waals surface area contributed by atoms with Crippen LogP contribution in [0.1, 0.15) is 0 Å². The number of hydrogen-bond acceptors (Lipinski definition) is 4. The topological polar surface area (TPSA) is 63.8 Å². The third kappa shape index (κ3) is 0.540. The molecule has 0 atom stereocenters. The van der Waals surface area contributed by atoms with Gasteiger partial charge in [-0.3, -0.25) is 0 Å². The normalized spacial score (nSPS) is 10.4. The highest BCUT2D eigenvalue weighted by atomic mass is 16.5. The molecule has 0 spiro atoms. The van der Waals surface area contributed by atoms with Crippen molar-refractivity contribution in [3.05, 3.63) is 18.7 Å². The van der Waals surface area contributed by atoms with E-state index in [9.17, 15) is 0 Å². The van der Waals surface area contributed by atoms with Gasteiger partial charge in [-0.05, 0) is 0 Å². The van der Waals surface area contributed by atoms with E-state index in [1.807, 2.05) is 0 Å². The highest BCUT2D eigenvalue weighted by molar-refractivity contribution is 5.51. The van der Waals surface area contributed by atoms with Crippen LogP contribution >= 0.6 is 0 Å². The second kappa shape index (κ2) is 1.66. The van der Waals surface area contributed by atoms with Gasteiger partial charge in [0.2, 0.25) is 0 Å². The molecule has 2 rings (SSSR count). The second-order valence-electron chi connectivity index (χ2n) is 1.85. The van der Waals surface area contributed by atoms with Gasteiger partial charge in [0, 0.05) is 0 Å². The Bertz CT molecular complexity index is 318. The van der Waals surface area contributed by atoms with Gasteiger partial charge in [-0.1, -0.05) is 0 Å². The van der Waals surface area contributed by atoms with Gasteiger partial charge in [0.15, 0.2) is 0 Å². The van der Waals surface area contributed by atoms with E-state index in [2.05, 4.69) is 15.2 Å². The first-order chi connectivity index (χ1) is 4.88. The summed E-state index contributed by atoms with van der Waals surface area (Å²) in [7, 11) is 0. The summed E-state index contributed by atoms with van der Waals surface area (Å²) >= 11 is 0. The minimum atomic E-state index is 0.565. The lowest BCUT2D eigenvalue weighted by molar-refractivity contribution is 0.185. The molecule has 0 saturated heterocycles. The van der Waals surface area contributed by atoms with E-state index in [0.717, 1.165) is 4.73 Å². The lowest BCUT2D eigenvalue weighted by atomic mass is 10.4. The third-order valence-corrected chi connectivity index (χ3v) is 1.23. The molecule has 0 aromatic carbocycles. The minimum Gasteiger partial charge on any atom is -0.427 e. The van der Waals surface area contributed by atoms with Crippen LogP contribution in [-0.2, 0) is 0 Å². The Hall–Kier alpha value is -1.65. The standard InChI is InChI=1S/C5H4N4O/c10-9-3-6-1-4-5(9)2-7-8-4/h1-3,10H. The molecule has 5 heteroatoms. The van der Waals surface area contributed by atoms with E-state index in [-0.39, 0.29) is 0 Å². The first-order valence-corrected chi connectivity index (χ1v) is 2.71. The van der Waals surface area contributed by atoms with Gasteiger partial charge in [0.25, 0.3) is 0 Å². The molecule has 0 unspecified atom stereocenters. The zero-order valence-corrected chi connectivity index (χ0v) is 4.97. The van der Waals surface area contributed by atoms with Gasteiger partial charge in [-0.15, -0.1) is 5.10 Å². The van der Waals surface area contributed by atoms with E-state index < -0.39 is 0 Å². The average molecular weight is 136 g/mol. The summed E-state index contributed by atoms with van der Waals surface area (Å²) in [6.45, 7) is 0. The predicted octanol–water partition coefficient (Wildman–Crippen LogP) is 0.0152. The van der Waals surface area contributed by atoms with Crippen molar-refractivity contribution in [3.8, 4) is 11.4 Å². The number of fused-ring (bicyclic) bond motifs is 1. The van der Waals surface area contributed by atoms with E-state index in [1.165, 1.54) is 18.7 Å². The highest BCUT2D eigenvalue weighted by Gasteiger charge is 2.07. The lowest BCUT2D eigenvalue weighted by Gasteiger charge is -1.98. The van der Waals surface area contributed by atoms with Crippen LogP contribution in [0.4, 0.5) is 0 Å². The van der Waals surface area contributed by atoms with Gasteiger partial charge in [0.05, 0.1) is 12.4 Å². The van der Waals surface area contributed by atoms with Crippen molar-refractivity contribution in [2.45, 2.75) is 0 Å². The predicted molar refractivity (Wildman–Crippen MR) is 31.6 cm³/mol. The van der Waals surface area contributed by atoms with Crippen LogP contribution < -0.4 is 0 Å². The van der Waals surface area contributed by atoms with Crippen LogP contribution in [0.25, 0.3) is 11.4 Å². The van der Waals surface area contributed by atoms with E-state index in [4.69, 9.17) is 5.21 Å². The summed E-state index contributed by atoms with van der Waals surface area (Å²) < 4.78 is 0.884. The Labute approximate surface area is 56.3 Å². The molecule has 0 bridgehead atoms. The SMILES string of the molecule is On1cncc2nncc1-2. The first kappa shape index (κ1) is 5.16. The summed E-state index contributed by atoms with van der Waals surface area (Å²) in [5.41, 5.74) is 1.15. The van der Waals surface area contributed by atoms with Crippen LogP contribution in [0.2, 0.25) is 0 Å². The molecule has 0 amide bonds. The molecule has 0 radical (unpaired) electrons. The number of aromatic nitrogens is 4. The van der Waals surface area contributed by atoms with Crippen molar-refractivity contribution >= 4 is 0 Å². The van der Waals surface area contributed by atoms with Gasteiger partial charge in [-0.25, -0.2) is 4.98 Å². The van der Waals surface area contributed by atoms with Crippen molar-refractivity contribution in [2.75, 3.05) is 0 Å². The first-order valence-electron chi connectivity index (χ1n) is 2.71. The fourth-order valence-electron chi connectivity index (χ4n) is 0.761. The maximum absolute atomic E-state index is 9.03. The molecule has 0 fully saturated rings. The summed E-state index contributed by atoms with van der Waals surface area (Å²) in [6, 6.07) is 0. The van der Waals surface area contributed by atoms with Crippen LogP contribution in [0.15, 0.2) is 18.7 Å². The number of nitrogens with zero attached hydrogens (tertiary/aromatic N) is 4. The van der Waals surface area contributed by atoms with Crippen LogP contribution in [-0.4, -0.2) is 25.1 Å². The molecular formula is C5H4N4O. The average Bonchev–Trinajstić information content (AvgIpc) is 2.36. The van der Waals surface area contributed by atoms with Crippen LogP contribution in [0.5, 0.6) is 0 Å². The number of rotatable bonds is 0. The molecule has 50 valence electrons. The molecule has 2 aliphatic rings. The molecular weight excluding hydrogens is 132 g/mol. The smallest absolute Gasteiger partial charge is 0.133 e. The van der Waals surface area contributed by atoms with Gasteiger partial charge in [-0.2, -0.15) is 9.83 Å². The fourth-order valence-corrected chi connectivity index (χ4v) is 0.761. The summed E-state index contributed by atoms with van der Waals surface area (Å²) in [5, 5.41) is 16.3. The van der Waals surface area contributed by atoms with Gasteiger partial charge in [0.1, 0.15) is 17.7 Å². The molecule has 2 aliphatic heterocycles. The largest absolute Gasteiger partial charge is 0.427 e. The van der Waals surface area contributed by atoms with Gasteiger partial charge >= 0.3 is 0 Å². The number of hydrogen-bond donors (Lipinski definition) is 1. The monoisotopic (exact) mass is 136 g/mol. The van der Waals surface area contributed by atoms with Crippen molar-refractivity contribution in [1.82, 2.24) is 19.9 Å². The van der Waals surface area contributed by atoms with Crippen LogP contribution in [0, 0.1) is 0 Å². The molecule has 0 saturated carbocycles. The Kier molecular flexibility index (Phi) is 0.858. The molecule has 2 heterocycles.